The second kappa shape index (κ2) is 6.15. The number of rotatable bonds is 2. The minimum atomic E-state index is -1.67. The molecule has 24 heavy (non-hydrogen) atoms. The Bertz CT molecular complexity index is 808. The molecule has 2 rings (SSSR count). The van der Waals surface area contributed by atoms with Crippen molar-refractivity contribution in [2.24, 2.45) is 0 Å². The monoisotopic (exact) mass is 346 g/mol. The summed E-state index contributed by atoms with van der Waals surface area (Å²) in [7, 11) is 0. The molecule has 0 nitrogen and oxygen atoms in total. The maximum Gasteiger partial charge on any atom is 0.169 e. The smallest absolute Gasteiger partial charge is 0.169 e. The van der Waals surface area contributed by atoms with Crippen LogP contribution in [0.2, 0.25) is 0 Å². The van der Waals surface area contributed by atoms with Crippen LogP contribution in [0.3, 0.4) is 0 Å². The van der Waals surface area contributed by atoms with Gasteiger partial charge in [-0.1, -0.05) is 13.8 Å². The summed E-state index contributed by atoms with van der Waals surface area (Å²) in [6, 6.07) is 0. The van der Waals surface area contributed by atoms with Gasteiger partial charge in [0.25, 0.3) is 0 Å². The summed E-state index contributed by atoms with van der Waals surface area (Å²) in [5.74, 6) is -9.25. The molecule has 0 aliphatic rings. The molecule has 2 aromatic carbocycles. The van der Waals surface area contributed by atoms with E-state index in [9.17, 15) is 26.3 Å². The highest BCUT2D eigenvalue weighted by molar-refractivity contribution is 5.72. The highest BCUT2D eigenvalue weighted by Gasteiger charge is 2.31. The maximum absolute atomic E-state index is 14.6. The molecule has 0 heterocycles. The quantitative estimate of drug-likeness (QED) is 0.446. The predicted molar refractivity (Wildman–Crippen MR) is 79.9 cm³/mol. The van der Waals surface area contributed by atoms with Gasteiger partial charge in [-0.25, -0.2) is 26.3 Å². The number of benzene rings is 2. The van der Waals surface area contributed by atoms with Crippen LogP contribution in [-0.2, 0) is 0 Å². The molecule has 0 spiro atoms. The third kappa shape index (κ3) is 2.48. The van der Waals surface area contributed by atoms with E-state index in [0.29, 0.717) is 0 Å². The van der Waals surface area contributed by atoms with Crippen LogP contribution in [0.1, 0.15) is 42.0 Å². The summed E-state index contributed by atoms with van der Waals surface area (Å²) >= 11 is 0. The highest BCUT2D eigenvalue weighted by Crippen LogP contribution is 2.41. The Morgan fingerprint density at radius 1 is 0.500 bits per heavy atom. The van der Waals surface area contributed by atoms with E-state index in [1.807, 2.05) is 0 Å². The van der Waals surface area contributed by atoms with Gasteiger partial charge < -0.3 is 0 Å². The van der Waals surface area contributed by atoms with Crippen molar-refractivity contribution in [2.75, 3.05) is 0 Å². The fraction of sp³-hybridized carbons (Fsp3) is 0.333. The Labute approximate surface area is 136 Å². The van der Waals surface area contributed by atoms with E-state index in [-0.39, 0.29) is 11.1 Å². The van der Waals surface area contributed by atoms with Crippen molar-refractivity contribution in [2.45, 2.75) is 40.5 Å². The fourth-order valence-corrected chi connectivity index (χ4v) is 2.69. The van der Waals surface area contributed by atoms with E-state index in [1.54, 1.807) is 0 Å². The number of hydrogen-bond donors (Lipinski definition) is 0. The Morgan fingerprint density at radius 2 is 0.917 bits per heavy atom. The highest BCUT2D eigenvalue weighted by atomic mass is 19.2. The van der Waals surface area contributed by atoms with Crippen molar-refractivity contribution in [3.63, 3.8) is 0 Å². The summed E-state index contributed by atoms with van der Waals surface area (Å²) in [5.41, 5.74) is -3.53. The van der Waals surface area contributed by atoms with E-state index in [1.165, 1.54) is 20.8 Å². The molecule has 0 N–H and O–H groups in total. The molecule has 0 fully saturated rings. The van der Waals surface area contributed by atoms with Crippen LogP contribution >= 0.6 is 0 Å². The van der Waals surface area contributed by atoms with Crippen LogP contribution in [0, 0.1) is 55.7 Å². The largest absolute Gasteiger partial charge is 0.206 e. The van der Waals surface area contributed by atoms with Crippen LogP contribution in [0.25, 0.3) is 11.1 Å². The van der Waals surface area contributed by atoms with Gasteiger partial charge in [-0.3, -0.25) is 0 Å². The lowest BCUT2D eigenvalue weighted by Gasteiger charge is -2.20. The average molecular weight is 346 g/mol. The molecule has 0 saturated heterocycles. The lowest BCUT2D eigenvalue weighted by molar-refractivity contribution is 0.471. The van der Waals surface area contributed by atoms with E-state index in [0.717, 1.165) is 13.8 Å². The van der Waals surface area contributed by atoms with Gasteiger partial charge >= 0.3 is 0 Å². The van der Waals surface area contributed by atoms with E-state index in [4.69, 9.17) is 0 Å². The van der Waals surface area contributed by atoms with Crippen molar-refractivity contribution in [3.05, 3.63) is 57.2 Å². The lowest BCUT2D eigenvalue weighted by Crippen LogP contribution is -2.11. The van der Waals surface area contributed by atoms with Crippen molar-refractivity contribution >= 4 is 0 Å². The first-order chi connectivity index (χ1) is 11.0. The van der Waals surface area contributed by atoms with Gasteiger partial charge in [-0.05, 0) is 37.8 Å². The van der Waals surface area contributed by atoms with Crippen LogP contribution < -0.4 is 0 Å². The van der Waals surface area contributed by atoms with Crippen molar-refractivity contribution in [1.82, 2.24) is 0 Å². The summed E-state index contributed by atoms with van der Waals surface area (Å²) in [6.07, 6.45) is 0. The number of hydrogen-bond acceptors (Lipinski definition) is 0. The third-order valence-corrected chi connectivity index (χ3v) is 4.26. The maximum atomic E-state index is 14.6. The molecule has 0 saturated carbocycles. The Balaban J connectivity index is 3.10. The Morgan fingerprint density at radius 3 is 1.42 bits per heavy atom. The molecular formula is C18H16F6. The topological polar surface area (TPSA) is 0 Å². The predicted octanol–water partition coefficient (Wildman–Crippen LogP) is 6.24. The first kappa shape index (κ1) is 18.4. The van der Waals surface area contributed by atoms with E-state index in [2.05, 4.69) is 0 Å². The fourth-order valence-electron chi connectivity index (χ4n) is 2.69. The summed E-state index contributed by atoms with van der Waals surface area (Å²) < 4.78 is 85.8. The molecule has 0 bridgehead atoms. The lowest BCUT2D eigenvalue weighted by atomic mass is 9.87. The molecule has 0 radical (unpaired) electrons. The van der Waals surface area contributed by atoms with E-state index < -0.39 is 63.1 Å². The second-order valence-corrected chi connectivity index (χ2v) is 6.08. The zero-order valence-corrected chi connectivity index (χ0v) is 13.8. The average Bonchev–Trinajstić information content (AvgIpc) is 2.53. The minimum Gasteiger partial charge on any atom is -0.206 e. The van der Waals surface area contributed by atoms with Gasteiger partial charge in [0.15, 0.2) is 23.3 Å². The Hall–Kier alpha value is -1.98. The summed E-state index contributed by atoms with van der Waals surface area (Å²) in [6.45, 7) is 6.30. The minimum absolute atomic E-state index is 0.251. The number of halogens is 6. The van der Waals surface area contributed by atoms with Gasteiger partial charge in [0.2, 0.25) is 0 Å². The van der Waals surface area contributed by atoms with Crippen LogP contribution in [0.5, 0.6) is 0 Å². The van der Waals surface area contributed by atoms with Gasteiger partial charge in [0, 0.05) is 16.7 Å². The van der Waals surface area contributed by atoms with Crippen LogP contribution in [0.15, 0.2) is 0 Å². The SMILES string of the molecule is Cc1c(C)c(F)c(-c2c(F)c(F)c(C)c(F)c2C(C)C)c(F)c1F. The van der Waals surface area contributed by atoms with Gasteiger partial charge in [-0.15, -0.1) is 0 Å². The summed E-state index contributed by atoms with van der Waals surface area (Å²) in [4.78, 5) is 0. The first-order valence-electron chi connectivity index (χ1n) is 7.33. The van der Waals surface area contributed by atoms with Crippen molar-refractivity contribution in [1.29, 1.82) is 0 Å². The molecule has 0 amide bonds. The van der Waals surface area contributed by atoms with Gasteiger partial charge in [0.05, 0.1) is 5.56 Å². The molecule has 0 unspecified atom stereocenters. The van der Waals surface area contributed by atoms with E-state index >= 15 is 0 Å². The molecule has 0 aliphatic heterocycles. The van der Waals surface area contributed by atoms with Gasteiger partial charge in [-0.2, -0.15) is 0 Å². The van der Waals surface area contributed by atoms with Crippen molar-refractivity contribution in [3.8, 4) is 11.1 Å². The molecular weight excluding hydrogens is 330 g/mol. The molecule has 130 valence electrons. The van der Waals surface area contributed by atoms with Crippen molar-refractivity contribution < 1.29 is 26.3 Å². The summed E-state index contributed by atoms with van der Waals surface area (Å²) in [5, 5.41) is 0. The third-order valence-electron chi connectivity index (χ3n) is 4.26. The molecule has 0 aromatic heterocycles. The Kier molecular flexibility index (Phi) is 4.70. The standard InChI is InChI=1S/C18H16F6/c1-6(2)10-11(17(23)16(22)9(5)14(10)20)12-13(19)7(3)8(4)15(21)18(12)24/h6H,1-5H3. The zero-order valence-electron chi connectivity index (χ0n) is 13.8. The first-order valence-corrected chi connectivity index (χ1v) is 7.33. The normalized spacial score (nSPS) is 11.5. The zero-order chi connectivity index (χ0) is 18.5. The molecule has 0 aliphatic carbocycles. The molecule has 2 aromatic rings. The molecule has 0 atom stereocenters. The van der Waals surface area contributed by atoms with Gasteiger partial charge in [0.1, 0.15) is 11.6 Å². The second-order valence-electron chi connectivity index (χ2n) is 6.08. The van der Waals surface area contributed by atoms with Crippen LogP contribution in [-0.4, -0.2) is 0 Å². The molecule has 6 heteroatoms. The van der Waals surface area contributed by atoms with Crippen LogP contribution in [0.4, 0.5) is 26.3 Å².